The highest BCUT2D eigenvalue weighted by Crippen LogP contribution is 2.33. The highest BCUT2D eigenvalue weighted by atomic mass is 16.4. The molecule has 4 nitrogen and oxygen atoms in total. The van der Waals surface area contributed by atoms with Crippen LogP contribution < -0.4 is 11.1 Å². The van der Waals surface area contributed by atoms with Crippen LogP contribution in [0.15, 0.2) is 51.7 Å². The first kappa shape index (κ1) is 11.3. The van der Waals surface area contributed by atoms with E-state index in [0.29, 0.717) is 11.6 Å². The highest BCUT2D eigenvalue weighted by molar-refractivity contribution is 5.77. The van der Waals surface area contributed by atoms with Gasteiger partial charge in [0.1, 0.15) is 0 Å². The van der Waals surface area contributed by atoms with Crippen LogP contribution in [-0.4, -0.2) is 4.98 Å². The summed E-state index contributed by atoms with van der Waals surface area (Å²) in [5, 5.41) is 3.53. The molecular weight excluding hydrogens is 252 g/mol. The number of H-pyrrole nitrogens is 1. The van der Waals surface area contributed by atoms with Crippen molar-refractivity contribution in [3.8, 4) is 0 Å². The van der Waals surface area contributed by atoms with Gasteiger partial charge in [0.15, 0.2) is 5.58 Å². The molecule has 0 saturated heterocycles. The van der Waals surface area contributed by atoms with Crippen molar-refractivity contribution in [1.82, 2.24) is 4.98 Å². The number of hydrogen-bond donors (Lipinski definition) is 2. The third-order valence-electron chi connectivity index (χ3n) is 3.89. The van der Waals surface area contributed by atoms with Crippen LogP contribution in [0.1, 0.15) is 23.6 Å². The molecule has 4 heteroatoms. The quantitative estimate of drug-likeness (QED) is 0.748. The van der Waals surface area contributed by atoms with Gasteiger partial charge in [-0.25, -0.2) is 4.79 Å². The zero-order chi connectivity index (χ0) is 13.5. The van der Waals surface area contributed by atoms with E-state index >= 15 is 0 Å². The Morgan fingerprint density at radius 3 is 3.05 bits per heavy atom. The lowest BCUT2D eigenvalue weighted by Gasteiger charge is -2.15. The lowest BCUT2D eigenvalue weighted by Crippen LogP contribution is -2.06. The maximum atomic E-state index is 11.2. The predicted molar refractivity (Wildman–Crippen MR) is 78.0 cm³/mol. The molecule has 1 aliphatic rings. The van der Waals surface area contributed by atoms with E-state index in [4.69, 9.17) is 4.42 Å². The number of aromatic amines is 1. The lowest BCUT2D eigenvalue weighted by molar-refractivity contribution is 0.555. The van der Waals surface area contributed by atoms with E-state index in [1.54, 1.807) is 0 Å². The Labute approximate surface area is 115 Å². The van der Waals surface area contributed by atoms with Crippen molar-refractivity contribution in [1.29, 1.82) is 0 Å². The molecule has 2 N–H and O–H groups in total. The average Bonchev–Trinajstić information content (AvgIpc) is 3.02. The van der Waals surface area contributed by atoms with Crippen LogP contribution >= 0.6 is 0 Å². The van der Waals surface area contributed by atoms with Gasteiger partial charge in [0.2, 0.25) is 0 Å². The largest absolute Gasteiger partial charge is 0.417 e. The zero-order valence-corrected chi connectivity index (χ0v) is 10.8. The van der Waals surface area contributed by atoms with Crippen LogP contribution in [0.25, 0.3) is 11.1 Å². The smallest absolute Gasteiger partial charge is 0.408 e. The van der Waals surface area contributed by atoms with Crippen LogP contribution in [0.2, 0.25) is 0 Å². The Hall–Kier alpha value is -2.49. The predicted octanol–water partition coefficient (Wildman–Crippen LogP) is 3.22. The monoisotopic (exact) mass is 266 g/mol. The Bertz CT molecular complexity index is 832. The van der Waals surface area contributed by atoms with Gasteiger partial charge < -0.3 is 9.73 Å². The summed E-state index contributed by atoms with van der Waals surface area (Å²) in [7, 11) is 0. The van der Waals surface area contributed by atoms with Crippen LogP contribution in [0.5, 0.6) is 0 Å². The van der Waals surface area contributed by atoms with E-state index in [9.17, 15) is 4.79 Å². The van der Waals surface area contributed by atoms with E-state index in [1.807, 2.05) is 18.2 Å². The molecule has 100 valence electrons. The fourth-order valence-electron chi connectivity index (χ4n) is 2.95. The van der Waals surface area contributed by atoms with Gasteiger partial charge in [-0.3, -0.25) is 4.98 Å². The third-order valence-corrected chi connectivity index (χ3v) is 3.89. The fourth-order valence-corrected chi connectivity index (χ4v) is 2.95. The van der Waals surface area contributed by atoms with Crippen molar-refractivity contribution in [2.75, 3.05) is 5.32 Å². The number of aryl methyl sites for hydroxylation is 1. The Morgan fingerprint density at radius 2 is 2.10 bits per heavy atom. The fraction of sp³-hybridized carbons (Fsp3) is 0.188. The maximum Gasteiger partial charge on any atom is 0.417 e. The highest BCUT2D eigenvalue weighted by Gasteiger charge is 2.21. The zero-order valence-electron chi connectivity index (χ0n) is 10.8. The molecular formula is C16H14N2O2. The van der Waals surface area contributed by atoms with E-state index < -0.39 is 5.76 Å². The van der Waals surface area contributed by atoms with E-state index in [-0.39, 0.29) is 0 Å². The number of rotatable bonds is 2. The summed E-state index contributed by atoms with van der Waals surface area (Å²) in [4.78, 5) is 13.8. The van der Waals surface area contributed by atoms with Crippen LogP contribution in [0.3, 0.4) is 0 Å². The second-order valence-corrected chi connectivity index (χ2v) is 5.16. The van der Waals surface area contributed by atoms with Crippen molar-refractivity contribution >= 4 is 16.8 Å². The van der Waals surface area contributed by atoms with Gasteiger partial charge in [-0.1, -0.05) is 24.3 Å². The molecule has 1 unspecified atom stereocenters. The van der Waals surface area contributed by atoms with E-state index in [0.717, 1.165) is 24.0 Å². The molecule has 1 aliphatic carbocycles. The molecule has 20 heavy (non-hydrogen) atoms. The molecule has 0 amide bonds. The Morgan fingerprint density at radius 1 is 1.20 bits per heavy atom. The molecule has 0 aliphatic heterocycles. The molecule has 1 atom stereocenters. The standard InChI is InChI=1S/C16H14N2O2/c19-16-18-14-9-11(6-8-15(14)20-16)17-13-7-5-10-3-1-2-4-12(10)13/h1-4,6,8-9,13,17H,5,7H2,(H,18,19). The number of aromatic nitrogens is 1. The van der Waals surface area contributed by atoms with Gasteiger partial charge in [0.05, 0.1) is 11.6 Å². The van der Waals surface area contributed by atoms with Crippen molar-refractivity contribution in [2.24, 2.45) is 0 Å². The minimum Gasteiger partial charge on any atom is -0.408 e. The summed E-state index contributed by atoms with van der Waals surface area (Å²) in [6.45, 7) is 0. The number of hydrogen-bond acceptors (Lipinski definition) is 3. The molecule has 4 rings (SSSR count). The van der Waals surface area contributed by atoms with Gasteiger partial charge in [0.25, 0.3) is 0 Å². The molecule has 0 spiro atoms. The maximum absolute atomic E-state index is 11.2. The molecule has 2 aromatic carbocycles. The Balaban J connectivity index is 1.66. The summed E-state index contributed by atoms with van der Waals surface area (Å²) in [6.07, 6.45) is 2.21. The van der Waals surface area contributed by atoms with Crippen molar-refractivity contribution < 1.29 is 4.42 Å². The first-order valence-electron chi connectivity index (χ1n) is 6.77. The summed E-state index contributed by atoms with van der Waals surface area (Å²) >= 11 is 0. The number of nitrogens with one attached hydrogen (secondary N) is 2. The van der Waals surface area contributed by atoms with E-state index in [1.165, 1.54) is 11.1 Å². The van der Waals surface area contributed by atoms with Crippen molar-refractivity contribution in [3.05, 3.63) is 64.1 Å². The molecule has 1 heterocycles. The average molecular weight is 266 g/mol. The number of benzene rings is 2. The SMILES string of the molecule is O=c1[nH]c2cc(NC3CCc4ccccc43)ccc2o1. The molecule has 0 radical (unpaired) electrons. The van der Waals surface area contributed by atoms with Gasteiger partial charge >= 0.3 is 5.76 Å². The molecule has 0 saturated carbocycles. The normalized spacial score (nSPS) is 17.3. The summed E-state index contributed by atoms with van der Waals surface area (Å²) in [5.74, 6) is -0.414. The topological polar surface area (TPSA) is 58.0 Å². The second-order valence-electron chi connectivity index (χ2n) is 5.16. The summed E-state index contributed by atoms with van der Waals surface area (Å²) < 4.78 is 5.01. The van der Waals surface area contributed by atoms with Gasteiger partial charge in [-0.15, -0.1) is 0 Å². The summed E-state index contributed by atoms with van der Waals surface area (Å²) in [5.41, 5.74) is 5.10. The van der Waals surface area contributed by atoms with Gasteiger partial charge in [0, 0.05) is 5.69 Å². The second kappa shape index (κ2) is 4.27. The molecule has 3 aromatic rings. The Kier molecular flexibility index (Phi) is 2.42. The van der Waals surface area contributed by atoms with Gasteiger partial charge in [-0.2, -0.15) is 0 Å². The first-order valence-corrected chi connectivity index (χ1v) is 6.77. The van der Waals surface area contributed by atoms with Crippen LogP contribution in [-0.2, 0) is 6.42 Å². The molecule has 0 bridgehead atoms. The molecule has 0 fully saturated rings. The lowest BCUT2D eigenvalue weighted by atomic mass is 10.1. The molecule has 1 aromatic heterocycles. The van der Waals surface area contributed by atoms with Gasteiger partial charge in [-0.05, 0) is 42.2 Å². The first-order chi connectivity index (χ1) is 9.79. The minimum atomic E-state index is -0.414. The van der Waals surface area contributed by atoms with Crippen molar-refractivity contribution in [3.63, 3.8) is 0 Å². The summed E-state index contributed by atoms with van der Waals surface area (Å²) in [6, 6.07) is 14.5. The van der Waals surface area contributed by atoms with E-state index in [2.05, 4.69) is 34.6 Å². The van der Waals surface area contributed by atoms with Crippen LogP contribution in [0, 0.1) is 0 Å². The third kappa shape index (κ3) is 1.81. The minimum absolute atomic E-state index is 0.335. The number of anilines is 1. The number of oxazole rings is 1. The van der Waals surface area contributed by atoms with Crippen molar-refractivity contribution in [2.45, 2.75) is 18.9 Å². The van der Waals surface area contributed by atoms with Crippen LogP contribution in [0.4, 0.5) is 5.69 Å². The number of fused-ring (bicyclic) bond motifs is 2.